The summed E-state index contributed by atoms with van der Waals surface area (Å²) in [5, 5.41) is 23.7. The van der Waals surface area contributed by atoms with Gasteiger partial charge < -0.3 is 14.9 Å². The minimum absolute atomic E-state index is 0.150. The second kappa shape index (κ2) is 9.08. The summed E-state index contributed by atoms with van der Waals surface area (Å²) < 4.78 is 5.32. The van der Waals surface area contributed by atoms with Crippen LogP contribution in [0.3, 0.4) is 0 Å². The van der Waals surface area contributed by atoms with Gasteiger partial charge in [0, 0.05) is 0 Å². The summed E-state index contributed by atoms with van der Waals surface area (Å²) in [7, 11) is 0. The smallest absolute Gasteiger partial charge is 0.346 e. The third-order valence-electron chi connectivity index (χ3n) is 6.84. The SMILES string of the molecule is O=C(O)c1cccc2cc3c(C(=O)OC(=O)c4cccc5cc6c(C(=O)O)cccc6cc45)cccc3cc12. The molecular formula is C32H18O7. The number of carboxylic acid groups (broad SMARTS) is 2. The Labute approximate surface area is 220 Å². The van der Waals surface area contributed by atoms with Gasteiger partial charge in [-0.15, -0.1) is 0 Å². The van der Waals surface area contributed by atoms with Gasteiger partial charge in [0.2, 0.25) is 0 Å². The number of aromatic carboxylic acids is 2. The van der Waals surface area contributed by atoms with E-state index in [9.17, 15) is 29.4 Å². The van der Waals surface area contributed by atoms with E-state index in [2.05, 4.69) is 0 Å². The van der Waals surface area contributed by atoms with E-state index in [1.165, 1.54) is 12.1 Å². The average Bonchev–Trinajstić information content (AvgIpc) is 2.93. The topological polar surface area (TPSA) is 118 Å². The van der Waals surface area contributed by atoms with Crippen LogP contribution in [0.15, 0.2) is 97.1 Å². The monoisotopic (exact) mass is 514 g/mol. The predicted molar refractivity (Wildman–Crippen MR) is 147 cm³/mol. The van der Waals surface area contributed by atoms with Gasteiger partial charge in [-0.25, -0.2) is 19.2 Å². The molecule has 2 N–H and O–H groups in total. The molecule has 6 aromatic rings. The van der Waals surface area contributed by atoms with Crippen molar-refractivity contribution in [3.8, 4) is 0 Å². The van der Waals surface area contributed by atoms with Crippen molar-refractivity contribution in [2.75, 3.05) is 0 Å². The van der Waals surface area contributed by atoms with Gasteiger partial charge in [-0.1, -0.05) is 48.5 Å². The van der Waals surface area contributed by atoms with E-state index in [-0.39, 0.29) is 22.3 Å². The number of esters is 2. The Hall–Kier alpha value is -5.56. The highest BCUT2D eigenvalue weighted by molar-refractivity contribution is 6.17. The quantitative estimate of drug-likeness (QED) is 0.153. The molecular weight excluding hydrogens is 496 g/mol. The molecule has 0 spiro atoms. The lowest BCUT2D eigenvalue weighted by Gasteiger charge is -2.11. The Kier molecular flexibility index (Phi) is 5.54. The first-order valence-electron chi connectivity index (χ1n) is 12.0. The van der Waals surface area contributed by atoms with Crippen LogP contribution < -0.4 is 0 Å². The van der Waals surface area contributed by atoms with Crippen LogP contribution in [-0.4, -0.2) is 34.1 Å². The third kappa shape index (κ3) is 4.02. The van der Waals surface area contributed by atoms with Gasteiger partial charge in [-0.3, -0.25) is 0 Å². The largest absolute Gasteiger partial charge is 0.478 e. The van der Waals surface area contributed by atoms with Gasteiger partial charge in [0.1, 0.15) is 0 Å². The zero-order valence-corrected chi connectivity index (χ0v) is 20.2. The number of fused-ring (bicyclic) bond motifs is 4. The first kappa shape index (κ1) is 23.8. The minimum Gasteiger partial charge on any atom is -0.478 e. The first-order valence-corrected chi connectivity index (χ1v) is 12.0. The van der Waals surface area contributed by atoms with Gasteiger partial charge >= 0.3 is 23.9 Å². The maximum atomic E-state index is 13.2. The van der Waals surface area contributed by atoms with E-state index in [0.29, 0.717) is 43.1 Å². The number of benzene rings is 6. The lowest BCUT2D eigenvalue weighted by Crippen LogP contribution is -2.13. The van der Waals surface area contributed by atoms with E-state index in [1.54, 1.807) is 84.9 Å². The van der Waals surface area contributed by atoms with Crippen LogP contribution in [0.25, 0.3) is 43.1 Å². The Bertz CT molecular complexity index is 1890. The average molecular weight is 514 g/mol. The fourth-order valence-corrected chi connectivity index (χ4v) is 5.03. The highest BCUT2D eigenvalue weighted by Crippen LogP contribution is 2.30. The number of rotatable bonds is 4. The fourth-order valence-electron chi connectivity index (χ4n) is 5.03. The van der Waals surface area contributed by atoms with Crippen molar-refractivity contribution in [1.29, 1.82) is 0 Å². The molecule has 188 valence electrons. The summed E-state index contributed by atoms with van der Waals surface area (Å²) in [4.78, 5) is 49.8. The summed E-state index contributed by atoms with van der Waals surface area (Å²) in [6, 6.07) is 26.5. The second-order valence-corrected chi connectivity index (χ2v) is 9.10. The first-order chi connectivity index (χ1) is 18.8. The van der Waals surface area contributed by atoms with Gasteiger partial charge in [0.15, 0.2) is 0 Å². The van der Waals surface area contributed by atoms with Crippen LogP contribution in [0, 0.1) is 0 Å². The van der Waals surface area contributed by atoms with Crippen molar-refractivity contribution in [1.82, 2.24) is 0 Å². The Balaban J connectivity index is 1.40. The van der Waals surface area contributed by atoms with Gasteiger partial charge in [0.25, 0.3) is 0 Å². The molecule has 39 heavy (non-hydrogen) atoms. The number of ether oxygens (including phenoxy) is 1. The van der Waals surface area contributed by atoms with Crippen molar-refractivity contribution >= 4 is 67.0 Å². The summed E-state index contributed by atoms with van der Waals surface area (Å²) in [5.74, 6) is -3.79. The van der Waals surface area contributed by atoms with Crippen molar-refractivity contribution in [3.63, 3.8) is 0 Å². The minimum atomic E-state index is -1.05. The molecule has 0 saturated heterocycles. The second-order valence-electron chi connectivity index (χ2n) is 9.10. The number of carboxylic acids is 2. The number of hydrogen-bond acceptors (Lipinski definition) is 5. The summed E-state index contributed by atoms with van der Waals surface area (Å²) >= 11 is 0. The molecule has 0 bridgehead atoms. The number of carbonyl (C=O) groups excluding carboxylic acids is 2. The van der Waals surface area contributed by atoms with Crippen molar-refractivity contribution in [2.45, 2.75) is 0 Å². The van der Waals surface area contributed by atoms with Crippen LogP contribution in [-0.2, 0) is 4.74 Å². The lowest BCUT2D eigenvalue weighted by atomic mass is 9.96. The molecule has 0 amide bonds. The molecule has 0 aliphatic rings. The molecule has 7 heteroatoms. The molecule has 6 aromatic carbocycles. The van der Waals surface area contributed by atoms with E-state index < -0.39 is 23.9 Å². The molecule has 0 fully saturated rings. The maximum absolute atomic E-state index is 13.2. The highest BCUT2D eigenvalue weighted by atomic mass is 16.6. The molecule has 0 aliphatic heterocycles. The molecule has 0 aliphatic carbocycles. The van der Waals surface area contributed by atoms with E-state index in [1.807, 2.05) is 0 Å². The summed E-state index contributed by atoms with van der Waals surface area (Å²) in [5.41, 5.74) is 0.633. The standard InChI is InChI=1S/C32H18O7/c33-29(34)21-9-1-5-17-15-27-19(13-25(17)21)7-3-11-23(27)31(37)39-32(38)24-12-4-8-20-14-26-18(16-28(20)24)6-2-10-22(26)30(35)36/h1-16H,(H,33,34)(H,35,36). The van der Waals surface area contributed by atoms with E-state index in [4.69, 9.17) is 4.74 Å². The van der Waals surface area contributed by atoms with Crippen molar-refractivity contribution < 1.29 is 34.1 Å². The predicted octanol–water partition coefficient (Wildman–Crippen LogP) is 6.69. The molecule has 0 saturated carbocycles. The van der Waals surface area contributed by atoms with E-state index >= 15 is 0 Å². The number of carbonyl (C=O) groups is 4. The summed E-state index contributed by atoms with van der Waals surface area (Å²) in [6.07, 6.45) is 0. The van der Waals surface area contributed by atoms with Gasteiger partial charge in [-0.05, 0) is 91.6 Å². The van der Waals surface area contributed by atoms with Crippen LogP contribution in [0.4, 0.5) is 0 Å². The third-order valence-corrected chi connectivity index (χ3v) is 6.84. The lowest BCUT2D eigenvalue weighted by molar-refractivity contribution is 0.0399. The van der Waals surface area contributed by atoms with Crippen LogP contribution in [0.1, 0.15) is 41.4 Å². The fraction of sp³-hybridized carbons (Fsp3) is 0. The van der Waals surface area contributed by atoms with Crippen molar-refractivity contribution in [2.24, 2.45) is 0 Å². The van der Waals surface area contributed by atoms with E-state index in [0.717, 1.165) is 0 Å². The highest BCUT2D eigenvalue weighted by Gasteiger charge is 2.21. The van der Waals surface area contributed by atoms with Crippen molar-refractivity contribution in [3.05, 3.63) is 119 Å². The number of hydrogen-bond donors (Lipinski definition) is 2. The molecule has 7 nitrogen and oxygen atoms in total. The van der Waals surface area contributed by atoms with Gasteiger partial charge in [-0.2, -0.15) is 0 Å². The Morgan fingerprint density at radius 1 is 0.436 bits per heavy atom. The van der Waals surface area contributed by atoms with Crippen LogP contribution >= 0.6 is 0 Å². The molecule has 0 unspecified atom stereocenters. The Morgan fingerprint density at radius 3 is 1.03 bits per heavy atom. The maximum Gasteiger partial charge on any atom is 0.346 e. The molecule has 6 rings (SSSR count). The normalized spacial score (nSPS) is 11.2. The molecule has 0 aromatic heterocycles. The summed E-state index contributed by atoms with van der Waals surface area (Å²) in [6.45, 7) is 0. The Morgan fingerprint density at radius 2 is 0.718 bits per heavy atom. The van der Waals surface area contributed by atoms with Crippen LogP contribution in [0.2, 0.25) is 0 Å². The zero-order valence-electron chi connectivity index (χ0n) is 20.2. The molecule has 0 heterocycles. The zero-order chi connectivity index (χ0) is 27.3. The van der Waals surface area contributed by atoms with Crippen LogP contribution in [0.5, 0.6) is 0 Å². The molecule has 0 radical (unpaired) electrons. The molecule has 0 atom stereocenters. The van der Waals surface area contributed by atoms with Gasteiger partial charge in [0.05, 0.1) is 22.3 Å².